The van der Waals surface area contributed by atoms with Crippen molar-refractivity contribution in [2.75, 3.05) is 11.3 Å². The summed E-state index contributed by atoms with van der Waals surface area (Å²) in [6, 6.07) is 2.13. The molecule has 0 spiro atoms. The molecule has 1 heterocycles. The van der Waals surface area contributed by atoms with Crippen LogP contribution in [0.25, 0.3) is 0 Å². The third-order valence-corrected chi connectivity index (χ3v) is 4.13. The summed E-state index contributed by atoms with van der Waals surface area (Å²) in [7, 11) is -4.33. The summed E-state index contributed by atoms with van der Waals surface area (Å²) in [6.07, 6.45) is 0. The maximum absolute atomic E-state index is 13.1. The van der Waals surface area contributed by atoms with E-state index in [0.717, 1.165) is 0 Å². The van der Waals surface area contributed by atoms with Crippen molar-refractivity contribution >= 4 is 15.8 Å². The lowest BCUT2D eigenvalue weighted by Crippen LogP contribution is -2.15. The first-order valence-electron chi connectivity index (χ1n) is 6.07. The summed E-state index contributed by atoms with van der Waals surface area (Å²) in [5, 5.41) is 12.7. The maximum Gasteiger partial charge on any atom is 0.263 e. The molecule has 1 aromatic carbocycles. The Morgan fingerprint density at radius 1 is 1.23 bits per heavy atom. The highest BCUT2D eigenvalue weighted by Gasteiger charge is 2.21. The summed E-state index contributed by atoms with van der Waals surface area (Å²) in [5.41, 5.74) is 0.572. The van der Waals surface area contributed by atoms with Crippen LogP contribution in [0.5, 0.6) is 0 Å². The van der Waals surface area contributed by atoms with Crippen molar-refractivity contribution in [2.45, 2.75) is 18.4 Å². The van der Waals surface area contributed by atoms with Crippen LogP contribution in [0, 0.1) is 24.4 Å². The topological polar surface area (TPSA) is 84.2 Å². The second kappa shape index (κ2) is 5.97. The fourth-order valence-electron chi connectivity index (χ4n) is 1.77. The highest BCUT2D eigenvalue weighted by molar-refractivity contribution is 7.92. The van der Waals surface area contributed by atoms with E-state index in [-0.39, 0.29) is 19.0 Å². The van der Waals surface area contributed by atoms with Crippen molar-refractivity contribution in [1.82, 2.24) is 9.78 Å². The van der Waals surface area contributed by atoms with Gasteiger partial charge >= 0.3 is 0 Å². The van der Waals surface area contributed by atoms with Crippen molar-refractivity contribution in [3.63, 3.8) is 0 Å². The molecule has 0 unspecified atom stereocenters. The van der Waals surface area contributed by atoms with Gasteiger partial charge in [0.1, 0.15) is 0 Å². The number of aromatic nitrogens is 2. The molecule has 2 rings (SSSR count). The SMILES string of the molecule is Cc1cc(NS(=O)(=O)c2cc(F)c(F)c(F)c2)nn1CCO. The second-order valence-corrected chi connectivity index (χ2v) is 6.11. The van der Waals surface area contributed by atoms with Gasteiger partial charge in [0.25, 0.3) is 10.0 Å². The number of halogens is 3. The van der Waals surface area contributed by atoms with Gasteiger partial charge in [0.2, 0.25) is 0 Å². The number of rotatable bonds is 5. The van der Waals surface area contributed by atoms with Crippen LogP contribution in [-0.2, 0) is 16.6 Å². The highest BCUT2D eigenvalue weighted by Crippen LogP contribution is 2.20. The number of nitrogens with one attached hydrogen (secondary N) is 1. The van der Waals surface area contributed by atoms with Gasteiger partial charge in [-0.05, 0) is 19.1 Å². The average molecular weight is 335 g/mol. The largest absolute Gasteiger partial charge is 0.394 e. The summed E-state index contributed by atoms with van der Waals surface area (Å²) in [5.74, 6) is -5.05. The fraction of sp³-hybridized carbons (Fsp3) is 0.250. The molecule has 22 heavy (non-hydrogen) atoms. The molecule has 0 amide bonds. The number of nitrogens with zero attached hydrogens (tertiary/aromatic N) is 2. The predicted octanol–water partition coefficient (Wildman–Crippen LogP) is 1.40. The minimum absolute atomic E-state index is 0.0870. The van der Waals surface area contributed by atoms with E-state index in [4.69, 9.17) is 5.11 Å². The van der Waals surface area contributed by atoms with Gasteiger partial charge in [-0.25, -0.2) is 21.6 Å². The van der Waals surface area contributed by atoms with E-state index < -0.39 is 32.4 Å². The highest BCUT2D eigenvalue weighted by atomic mass is 32.2. The van der Waals surface area contributed by atoms with Crippen LogP contribution in [0.15, 0.2) is 23.1 Å². The fourth-order valence-corrected chi connectivity index (χ4v) is 2.78. The maximum atomic E-state index is 13.1. The van der Waals surface area contributed by atoms with E-state index in [2.05, 4.69) is 5.10 Å². The molecular weight excluding hydrogens is 323 g/mol. The van der Waals surface area contributed by atoms with E-state index >= 15 is 0 Å². The number of hydrogen-bond donors (Lipinski definition) is 2. The van der Waals surface area contributed by atoms with Crippen molar-refractivity contribution in [3.05, 3.63) is 41.3 Å². The number of aryl methyl sites for hydroxylation is 1. The molecule has 0 bridgehead atoms. The zero-order valence-electron chi connectivity index (χ0n) is 11.3. The second-order valence-electron chi connectivity index (χ2n) is 4.42. The van der Waals surface area contributed by atoms with Crippen molar-refractivity contribution < 1.29 is 26.7 Å². The van der Waals surface area contributed by atoms with E-state index in [1.54, 1.807) is 6.92 Å². The molecule has 0 aliphatic heterocycles. The molecule has 10 heteroatoms. The van der Waals surface area contributed by atoms with Gasteiger partial charge in [-0.3, -0.25) is 9.40 Å². The first kappa shape index (κ1) is 16.3. The van der Waals surface area contributed by atoms with E-state index in [0.29, 0.717) is 17.8 Å². The zero-order chi connectivity index (χ0) is 16.5. The quantitative estimate of drug-likeness (QED) is 0.809. The number of aliphatic hydroxyl groups excluding tert-OH is 1. The van der Waals surface area contributed by atoms with Crippen LogP contribution < -0.4 is 4.72 Å². The van der Waals surface area contributed by atoms with Crippen molar-refractivity contribution in [2.24, 2.45) is 0 Å². The number of sulfonamides is 1. The van der Waals surface area contributed by atoms with Gasteiger partial charge in [0.15, 0.2) is 23.3 Å². The number of hydrogen-bond acceptors (Lipinski definition) is 4. The average Bonchev–Trinajstić information content (AvgIpc) is 2.75. The van der Waals surface area contributed by atoms with Crippen molar-refractivity contribution in [1.29, 1.82) is 0 Å². The lowest BCUT2D eigenvalue weighted by molar-refractivity contribution is 0.268. The molecule has 1 aromatic heterocycles. The molecular formula is C12H12F3N3O3S. The van der Waals surface area contributed by atoms with Crippen LogP contribution in [0.4, 0.5) is 19.0 Å². The lowest BCUT2D eigenvalue weighted by Gasteiger charge is -2.06. The number of aliphatic hydroxyl groups is 1. The monoisotopic (exact) mass is 335 g/mol. The van der Waals surface area contributed by atoms with E-state index in [1.807, 2.05) is 4.72 Å². The molecule has 6 nitrogen and oxygen atoms in total. The van der Waals surface area contributed by atoms with Crippen molar-refractivity contribution in [3.8, 4) is 0 Å². The summed E-state index contributed by atoms with van der Waals surface area (Å²) in [6.45, 7) is 1.61. The minimum Gasteiger partial charge on any atom is -0.394 e. The third kappa shape index (κ3) is 3.22. The molecule has 0 fully saturated rings. The Morgan fingerprint density at radius 2 is 1.82 bits per heavy atom. The Hall–Kier alpha value is -2.07. The predicted molar refractivity (Wildman–Crippen MR) is 71.2 cm³/mol. The van der Waals surface area contributed by atoms with Gasteiger partial charge in [-0.15, -0.1) is 0 Å². The van der Waals surface area contributed by atoms with Gasteiger partial charge < -0.3 is 5.11 Å². The van der Waals surface area contributed by atoms with Crippen LogP contribution in [0.3, 0.4) is 0 Å². The van der Waals surface area contributed by atoms with Gasteiger partial charge in [-0.1, -0.05) is 0 Å². The Bertz CT molecular complexity index is 782. The summed E-state index contributed by atoms with van der Waals surface area (Å²) < 4.78 is 66.6. The third-order valence-electron chi connectivity index (χ3n) is 2.80. The van der Waals surface area contributed by atoms with Crippen LogP contribution in [-0.4, -0.2) is 29.9 Å². The first-order chi connectivity index (χ1) is 10.2. The molecule has 0 saturated heterocycles. The molecule has 0 radical (unpaired) electrons. The Kier molecular flexibility index (Phi) is 4.42. The van der Waals surface area contributed by atoms with Gasteiger partial charge in [-0.2, -0.15) is 5.10 Å². The van der Waals surface area contributed by atoms with E-state index in [9.17, 15) is 21.6 Å². The van der Waals surface area contributed by atoms with E-state index in [1.165, 1.54) is 10.7 Å². The van der Waals surface area contributed by atoms with Gasteiger partial charge in [0.05, 0.1) is 18.0 Å². The van der Waals surface area contributed by atoms with Gasteiger partial charge in [0, 0.05) is 11.8 Å². The molecule has 2 aromatic rings. The smallest absolute Gasteiger partial charge is 0.263 e. The number of benzene rings is 1. The Labute approximate surface area is 124 Å². The standard InChI is InChI=1S/C12H12F3N3O3S/c1-7-4-11(16-18(7)2-3-19)17-22(20,21)8-5-9(13)12(15)10(14)6-8/h4-6,19H,2-3H2,1H3,(H,16,17). The Morgan fingerprint density at radius 3 is 2.36 bits per heavy atom. The minimum atomic E-state index is -4.33. The normalized spacial score (nSPS) is 11.7. The first-order valence-corrected chi connectivity index (χ1v) is 7.55. The molecule has 0 atom stereocenters. The molecule has 2 N–H and O–H groups in total. The molecule has 0 aliphatic rings. The summed E-state index contributed by atoms with van der Waals surface area (Å²) in [4.78, 5) is -0.765. The van der Waals surface area contributed by atoms with Crippen LogP contribution in [0.1, 0.15) is 5.69 Å². The summed E-state index contributed by atoms with van der Waals surface area (Å²) >= 11 is 0. The van der Waals surface area contributed by atoms with Crippen LogP contribution >= 0.6 is 0 Å². The molecule has 0 saturated carbocycles. The lowest BCUT2D eigenvalue weighted by atomic mass is 10.3. The van der Waals surface area contributed by atoms with Crippen LogP contribution in [0.2, 0.25) is 0 Å². The molecule has 120 valence electrons. The number of anilines is 1. The zero-order valence-corrected chi connectivity index (χ0v) is 12.2. The Balaban J connectivity index is 2.34. The molecule has 0 aliphatic carbocycles.